The van der Waals surface area contributed by atoms with Gasteiger partial charge >= 0.3 is 0 Å². The van der Waals surface area contributed by atoms with Gasteiger partial charge in [0, 0.05) is 12.1 Å². The zero-order chi connectivity index (χ0) is 12.7. The predicted octanol–water partition coefficient (Wildman–Crippen LogP) is 3.98. The van der Waals surface area contributed by atoms with E-state index >= 15 is 0 Å². The Morgan fingerprint density at radius 3 is 2.76 bits per heavy atom. The Labute approximate surface area is 113 Å². The van der Waals surface area contributed by atoms with Crippen LogP contribution in [0.5, 0.6) is 5.75 Å². The number of nitrogens with one attached hydrogen (secondary N) is 1. The summed E-state index contributed by atoms with van der Waals surface area (Å²) < 4.78 is 6.92. The molecule has 0 amide bonds. The zero-order valence-electron chi connectivity index (χ0n) is 10.9. The third-order valence-electron chi connectivity index (χ3n) is 2.59. The van der Waals surface area contributed by atoms with E-state index in [4.69, 9.17) is 4.74 Å². The molecule has 0 aliphatic heterocycles. The number of hydrogen-bond acceptors (Lipinski definition) is 2. The molecular formula is C14H22BrNO. The lowest BCUT2D eigenvalue weighted by Gasteiger charge is -2.13. The second-order valence-corrected chi connectivity index (χ2v) is 5.50. The van der Waals surface area contributed by atoms with Gasteiger partial charge in [-0.25, -0.2) is 0 Å². The Bertz CT molecular complexity index is 339. The maximum Gasteiger partial charge on any atom is 0.137 e. The van der Waals surface area contributed by atoms with Crippen LogP contribution in [-0.4, -0.2) is 13.7 Å². The molecule has 1 aromatic carbocycles. The second-order valence-electron chi connectivity index (χ2n) is 4.64. The van der Waals surface area contributed by atoms with E-state index in [-0.39, 0.29) is 0 Å². The molecule has 96 valence electrons. The van der Waals surface area contributed by atoms with Crippen LogP contribution < -0.4 is 10.1 Å². The Kier molecular flexibility index (Phi) is 6.60. The quantitative estimate of drug-likeness (QED) is 0.769. The molecule has 0 atom stereocenters. The van der Waals surface area contributed by atoms with E-state index in [0.29, 0.717) is 0 Å². The fraction of sp³-hybridized carbons (Fsp3) is 0.571. The van der Waals surface area contributed by atoms with Gasteiger partial charge in [0.2, 0.25) is 0 Å². The first-order valence-corrected chi connectivity index (χ1v) is 6.99. The van der Waals surface area contributed by atoms with E-state index in [0.717, 1.165) is 35.7 Å². The molecule has 0 unspecified atom stereocenters. The molecule has 1 aromatic rings. The van der Waals surface area contributed by atoms with Gasteiger partial charge in [-0.1, -0.05) is 26.0 Å². The van der Waals surface area contributed by atoms with Crippen LogP contribution in [0.4, 0.5) is 0 Å². The van der Waals surface area contributed by atoms with Crippen molar-refractivity contribution in [1.29, 1.82) is 0 Å². The highest BCUT2D eigenvalue weighted by molar-refractivity contribution is 9.10. The van der Waals surface area contributed by atoms with E-state index in [1.54, 1.807) is 0 Å². The van der Waals surface area contributed by atoms with Crippen LogP contribution in [0.2, 0.25) is 0 Å². The summed E-state index contributed by atoms with van der Waals surface area (Å²) in [7, 11) is 1.95. The number of halogens is 1. The van der Waals surface area contributed by atoms with Gasteiger partial charge in [0.1, 0.15) is 5.75 Å². The van der Waals surface area contributed by atoms with Crippen molar-refractivity contribution in [2.24, 2.45) is 5.92 Å². The minimum Gasteiger partial charge on any atom is -0.492 e. The van der Waals surface area contributed by atoms with Crippen molar-refractivity contribution < 1.29 is 4.74 Å². The molecule has 0 aliphatic carbocycles. The van der Waals surface area contributed by atoms with Gasteiger partial charge in [-0.15, -0.1) is 0 Å². The van der Waals surface area contributed by atoms with Crippen molar-refractivity contribution in [3.63, 3.8) is 0 Å². The molecule has 1 rings (SSSR count). The van der Waals surface area contributed by atoms with Gasteiger partial charge in [0.15, 0.2) is 0 Å². The molecule has 0 aromatic heterocycles. The van der Waals surface area contributed by atoms with Gasteiger partial charge in [-0.2, -0.15) is 0 Å². The molecular weight excluding hydrogens is 278 g/mol. The van der Waals surface area contributed by atoms with Crippen LogP contribution >= 0.6 is 15.9 Å². The minimum atomic E-state index is 0.745. The van der Waals surface area contributed by atoms with Crippen molar-refractivity contribution in [2.75, 3.05) is 13.7 Å². The van der Waals surface area contributed by atoms with Crippen LogP contribution in [0.1, 0.15) is 32.3 Å². The lowest BCUT2D eigenvalue weighted by molar-refractivity contribution is 0.293. The largest absolute Gasteiger partial charge is 0.492 e. The first-order chi connectivity index (χ1) is 8.15. The topological polar surface area (TPSA) is 21.3 Å². The van der Waals surface area contributed by atoms with Crippen molar-refractivity contribution in [2.45, 2.75) is 33.2 Å². The Balaban J connectivity index is 2.56. The first kappa shape index (κ1) is 14.5. The van der Waals surface area contributed by atoms with Gasteiger partial charge in [-0.05, 0) is 47.8 Å². The lowest BCUT2D eigenvalue weighted by Crippen LogP contribution is -2.08. The van der Waals surface area contributed by atoms with Crippen LogP contribution in [-0.2, 0) is 6.54 Å². The molecule has 0 saturated heterocycles. The van der Waals surface area contributed by atoms with E-state index in [9.17, 15) is 0 Å². The predicted molar refractivity (Wildman–Crippen MR) is 76.5 cm³/mol. The standard InChI is InChI=1S/C14H22BrNO/c1-11(2)6-5-9-17-14-12(10-16-3)7-4-8-13(14)15/h4,7-8,11,16H,5-6,9-10H2,1-3H3. The highest BCUT2D eigenvalue weighted by Crippen LogP contribution is 2.29. The van der Waals surface area contributed by atoms with Crippen LogP contribution in [0.3, 0.4) is 0 Å². The summed E-state index contributed by atoms with van der Waals surface area (Å²) in [5, 5.41) is 3.16. The SMILES string of the molecule is CNCc1cccc(Br)c1OCCCC(C)C. The third-order valence-corrected chi connectivity index (χ3v) is 3.21. The monoisotopic (exact) mass is 299 g/mol. The summed E-state index contributed by atoms with van der Waals surface area (Å²) in [6.45, 7) is 6.10. The average Bonchev–Trinajstić information content (AvgIpc) is 2.27. The van der Waals surface area contributed by atoms with Crippen molar-refractivity contribution in [3.8, 4) is 5.75 Å². The number of rotatable bonds is 7. The van der Waals surface area contributed by atoms with Crippen molar-refractivity contribution >= 4 is 15.9 Å². The second kappa shape index (κ2) is 7.72. The van der Waals surface area contributed by atoms with E-state index < -0.39 is 0 Å². The molecule has 1 N–H and O–H groups in total. The number of benzene rings is 1. The van der Waals surface area contributed by atoms with Crippen LogP contribution in [0.15, 0.2) is 22.7 Å². The number of ether oxygens (including phenoxy) is 1. The average molecular weight is 300 g/mol. The smallest absolute Gasteiger partial charge is 0.137 e. The Morgan fingerprint density at radius 1 is 1.35 bits per heavy atom. The molecule has 0 aliphatic rings. The molecule has 0 bridgehead atoms. The Morgan fingerprint density at radius 2 is 2.12 bits per heavy atom. The fourth-order valence-electron chi connectivity index (χ4n) is 1.71. The highest BCUT2D eigenvalue weighted by atomic mass is 79.9. The van der Waals surface area contributed by atoms with Gasteiger partial charge < -0.3 is 10.1 Å². The summed E-state index contributed by atoms with van der Waals surface area (Å²) in [4.78, 5) is 0. The summed E-state index contributed by atoms with van der Waals surface area (Å²) in [6.07, 6.45) is 2.32. The molecule has 3 heteroatoms. The summed E-state index contributed by atoms with van der Waals surface area (Å²) in [5.41, 5.74) is 1.20. The first-order valence-electron chi connectivity index (χ1n) is 6.20. The molecule has 17 heavy (non-hydrogen) atoms. The summed E-state index contributed by atoms with van der Waals surface area (Å²) >= 11 is 3.55. The van der Waals surface area contributed by atoms with E-state index in [1.165, 1.54) is 12.0 Å². The number of hydrogen-bond donors (Lipinski definition) is 1. The molecule has 2 nitrogen and oxygen atoms in total. The van der Waals surface area contributed by atoms with Crippen molar-refractivity contribution in [1.82, 2.24) is 5.32 Å². The Hall–Kier alpha value is -0.540. The summed E-state index contributed by atoms with van der Waals surface area (Å²) in [6, 6.07) is 6.16. The molecule has 0 saturated carbocycles. The van der Waals surface area contributed by atoms with E-state index in [2.05, 4.69) is 41.2 Å². The molecule has 0 fully saturated rings. The van der Waals surface area contributed by atoms with Crippen LogP contribution in [0, 0.1) is 5.92 Å². The van der Waals surface area contributed by atoms with E-state index in [1.807, 2.05) is 19.2 Å². The third kappa shape index (κ3) is 5.09. The number of para-hydroxylation sites is 1. The molecule has 0 spiro atoms. The maximum absolute atomic E-state index is 5.88. The fourth-order valence-corrected chi connectivity index (χ4v) is 2.23. The van der Waals surface area contributed by atoms with Gasteiger partial charge in [0.05, 0.1) is 11.1 Å². The maximum atomic E-state index is 5.88. The van der Waals surface area contributed by atoms with Crippen molar-refractivity contribution in [3.05, 3.63) is 28.2 Å². The minimum absolute atomic E-state index is 0.745. The van der Waals surface area contributed by atoms with Crippen LogP contribution in [0.25, 0.3) is 0 Å². The lowest BCUT2D eigenvalue weighted by atomic mass is 10.1. The van der Waals surface area contributed by atoms with Gasteiger partial charge in [-0.3, -0.25) is 0 Å². The van der Waals surface area contributed by atoms with Gasteiger partial charge in [0.25, 0.3) is 0 Å². The normalized spacial score (nSPS) is 10.9. The summed E-state index contributed by atoms with van der Waals surface area (Å²) in [5.74, 6) is 1.72. The molecule has 0 heterocycles. The highest BCUT2D eigenvalue weighted by Gasteiger charge is 2.07. The zero-order valence-corrected chi connectivity index (χ0v) is 12.5. The molecule has 0 radical (unpaired) electrons.